The summed E-state index contributed by atoms with van der Waals surface area (Å²) in [5.74, 6) is 2.19. The summed E-state index contributed by atoms with van der Waals surface area (Å²) in [5, 5.41) is 0. The second kappa shape index (κ2) is 7.25. The molecule has 1 amide bonds. The van der Waals surface area contributed by atoms with E-state index < -0.39 is 0 Å². The largest absolute Gasteiger partial charge is 0.466 e. The Labute approximate surface area is 132 Å². The Hall–Kier alpha value is -2.10. The molecule has 0 saturated heterocycles. The van der Waals surface area contributed by atoms with Crippen LogP contribution < -0.4 is 0 Å². The van der Waals surface area contributed by atoms with Gasteiger partial charge in [0.05, 0.1) is 6.04 Å². The number of pyridine rings is 1. The molecule has 0 bridgehead atoms. The molecule has 2 rings (SSSR count). The fourth-order valence-corrected chi connectivity index (χ4v) is 2.79. The maximum Gasteiger partial charge on any atom is 0.223 e. The first-order valence-corrected chi connectivity index (χ1v) is 7.70. The molecule has 0 aliphatic heterocycles. The van der Waals surface area contributed by atoms with E-state index in [9.17, 15) is 4.79 Å². The monoisotopic (exact) mass is 300 g/mol. The lowest BCUT2D eigenvalue weighted by molar-refractivity contribution is -0.133. The Balaban J connectivity index is 2.03. The van der Waals surface area contributed by atoms with Gasteiger partial charge in [0.25, 0.3) is 0 Å². The van der Waals surface area contributed by atoms with Crippen LogP contribution in [0.15, 0.2) is 41.1 Å². The third-order valence-corrected chi connectivity index (χ3v) is 3.85. The Morgan fingerprint density at radius 3 is 2.64 bits per heavy atom. The van der Waals surface area contributed by atoms with Crippen molar-refractivity contribution in [2.45, 2.75) is 39.7 Å². The van der Waals surface area contributed by atoms with Gasteiger partial charge in [-0.2, -0.15) is 0 Å². The summed E-state index contributed by atoms with van der Waals surface area (Å²) >= 11 is 0. The third-order valence-electron chi connectivity index (χ3n) is 3.85. The molecule has 0 aromatic carbocycles. The smallest absolute Gasteiger partial charge is 0.223 e. The summed E-state index contributed by atoms with van der Waals surface area (Å²) < 4.78 is 5.53. The molecule has 0 aliphatic rings. The highest BCUT2D eigenvalue weighted by molar-refractivity contribution is 5.76. The van der Waals surface area contributed by atoms with Crippen molar-refractivity contribution in [1.29, 1.82) is 0 Å². The van der Waals surface area contributed by atoms with Gasteiger partial charge < -0.3 is 9.32 Å². The highest BCUT2D eigenvalue weighted by atomic mass is 16.3. The molecule has 4 heteroatoms. The van der Waals surface area contributed by atoms with Crippen LogP contribution in [0.25, 0.3) is 0 Å². The van der Waals surface area contributed by atoms with Gasteiger partial charge in [0.1, 0.15) is 11.5 Å². The van der Waals surface area contributed by atoms with Crippen molar-refractivity contribution in [3.8, 4) is 0 Å². The molecule has 0 spiro atoms. The minimum Gasteiger partial charge on any atom is -0.466 e. The molecule has 0 radical (unpaired) electrons. The van der Waals surface area contributed by atoms with Gasteiger partial charge in [0.15, 0.2) is 0 Å². The number of carbonyl (C=O) groups excluding carboxylic acids is 1. The zero-order chi connectivity index (χ0) is 16.1. The van der Waals surface area contributed by atoms with E-state index in [4.69, 9.17) is 4.42 Å². The van der Waals surface area contributed by atoms with Crippen molar-refractivity contribution in [2.24, 2.45) is 5.92 Å². The predicted octanol–water partition coefficient (Wildman–Crippen LogP) is 3.77. The molecular weight excluding hydrogens is 276 g/mol. The van der Waals surface area contributed by atoms with Crippen LogP contribution in [0, 0.1) is 12.8 Å². The first-order valence-electron chi connectivity index (χ1n) is 7.70. The van der Waals surface area contributed by atoms with E-state index in [2.05, 4.69) is 18.8 Å². The number of amides is 1. The minimum absolute atomic E-state index is 0.0412. The van der Waals surface area contributed by atoms with Crippen molar-refractivity contribution in [2.75, 3.05) is 7.05 Å². The molecular formula is C18H24N2O2. The van der Waals surface area contributed by atoms with Gasteiger partial charge >= 0.3 is 0 Å². The molecule has 0 N–H and O–H groups in total. The second-order valence-corrected chi connectivity index (χ2v) is 5.99. The first-order chi connectivity index (χ1) is 10.5. The summed E-state index contributed by atoms with van der Waals surface area (Å²) in [4.78, 5) is 18.5. The molecule has 2 heterocycles. The van der Waals surface area contributed by atoms with Crippen molar-refractivity contribution < 1.29 is 9.21 Å². The van der Waals surface area contributed by atoms with E-state index in [1.54, 1.807) is 6.20 Å². The van der Waals surface area contributed by atoms with Gasteiger partial charge in [-0.3, -0.25) is 9.78 Å². The van der Waals surface area contributed by atoms with Crippen LogP contribution in [0.4, 0.5) is 0 Å². The Morgan fingerprint density at radius 1 is 1.32 bits per heavy atom. The highest BCUT2D eigenvalue weighted by Gasteiger charge is 2.24. The van der Waals surface area contributed by atoms with Crippen LogP contribution in [-0.4, -0.2) is 22.8 Å². The van der Waals surface area contributed by atoms with Crippen LogP contribution >= 0.6 is 0 Å². The fraction of sp³-hybridized carbons (Fsp3) is 0.444. The second-order valence-electron chi connectivity index (χ2n) is 5.99. The lowest BCUT2D eigenvalue weighted by atomic mass is 9.95. The first kappa shape index (κ1) is 16.3. The number of hydrogen-bond acceptors (Lipinski definition) is 3. The number of aryl methyl sites for hydroxylation is 2. The van der Waals surface area contributed by atoms with Gasteiger partial charge in [-0.05, 0) is 36.6 Å². The number of carbonyl (C=O) groups is 1. The zero-order valence-corrected chi connectivity index (χ0v) is 13.7. The average molecular weight is 300 g/mol. The lowest BCUT2D eigenvalue weighted by Crippen LogP contribution is -2.34. The number of nitrogens with zero attached hydrogens (tertiary/aromatic N) is 2. The Kier molecular flexibility index (Phi) is 5.36. The maximum absolute atomic E-state index is 12.5. The van der Waals surface area contributed by atoms with Crippen LogP contribution in [0.1, 0.15) is 43.4 Å². The third kappa shape index (κ3) is 3.97. The topological polar surface area (TPSA) is 46.3 Å². The molecule has 0 unspecified atom stereocenters. The van der Waals surface area contributed by atoms with E-state index in [0.29, 0.717) is 18.8 Å². The van der Waals surface area contributed by atoms with Crippen molar-refractivity contribution in [1.82, 2.24) is 9.88 Å². The van der Waals surface area contributed by atoms with Crippen LogP contribution in [-0.2, 0) is 11.2 Å². The van der Waals surface area contributed by atoms with Gasteiger partial charge in [-0.25, -0.2) is 0 Å². The van der Waals surface area contributed by atoms with E-state index in [0.717, 1.165) is 17.1 Å². The molecule has 22 heavy (non-hydrogen) atoms. The van der Waals surface area contributed by atoms with Crippen LogP contribution in [0.2, 0.25) is 0 Å². The van der Waals surface area contributed by atoms with Gasteiger partial charge in [-0.1, -0.05) is 19.9 Å². The summed E-state index contributed by atoms with van der Waals surface area (Å²) in [6.45, 7) is 6.16. The summed E-state index contributed by atoms with van der Waals surface area (Å²) in [5.41, 5.74) is 1.07. The molecule has 118 valence electrons. The molecule has 0 aliphatic carbocycles. The van der Waals surface area contributed by atoms with Gasteiger partial charge in [0, 0.05) is 32.3 Å². The fourth-order valence-electron chi connectivity index (χ4n) is 2.79. The molecule has 2 aromatic rings. The Bertz CT molecular complexity index is 605. The van der Waals surface area contributed by atoms with Gasteiger partial charge in [0.2, 0.25) is 5.91 Å². The van der Waals surface area contributed by atoms with Crippen molar-refractivity contribution >= 4 is 5.91 Å². The number of furan rings is 1. The average Bonchev–Trinajstić information content (AvgIpc) is 2.91. The van der Waals surface area contributed by atoms with E-state index in [1.807, 2.05) is 49.3 Å². The SMILES string of the molecule is Cc1ccc(CCC(=O)N(C)[C@@H](c2cccnc2)C(C)C)o1. The van der Waals surface area contributed by atoms with Crippen molar-refractivity contribution in [3.05, 3.63) is 53.7 Å². The Morgan fingerprint density at radius 2 is 2.09 bits per heavy atom. The van der Waals surface area contributed by atoms with Gasteiger partial charge in [-0.15, -0.1) is 0 Å². The van der Waals surface area contributed by atoms with E-state index >= 15 is 0 Å². The molecule has 0 fully saturated rings. The number of hydrogen-bond donors (Lipinski definition) is 0. The molecule has 4 nitrogen and oxygen atoms in total. The van der Waals surface area contributed by atoms with Crippen LogP contribution in [0.5, 0.6) is 0 Å². The molecule has 2 aromatic heterocycles. The maximum atomic E-state index is 12.5. The standard InChI is InChI=1S/C18H24N2O2/c1-13(2)18(15-6-5-11-19-12-15)20(4)17(21)10-9-16-8-7-14(3)22-16/h5-8,11-13,18H,9-10H2,1-4H3/t18-/m1/s1. The predicted molar refractivity (Wildman–Crippen MR) is 86.4 cm³/mol. The van der Waals surface area contributed by atoms with Crippen LogP contribution in [0.3, 0.4) is 0 Å². The number of rotatable bonds is 6. The minimum atomic E-state index is 0.0412. The summed E-state index contributed by atoms with van der Waals surface area (Å²) in [7, 11) is 1.87. The van der Waals surface area contributed by atoms with E-state index in [-0.39, 0.29) is 11.9 Å². The molecule has 1 atom stereocenters. The van der Waals surface area contributed by atoms with E-state index in [1.165, 1.54) is 0 Å². The molecule has 0 saturated carbocycles. The van der Waals surface area contributed by atoms with Crippen molar-refractivity contribution in [3.63, 3.8) is 0 Å². The zero-order valence-electron chi connectivity index (χ0n) is 13.7. The number of aromatic nitrogens is 1. The lowest BCUT2D eigenvalue weighted by Gasteiger charge is -2.31. The summed E-state index contributed by atoms with van der Waals surface area (Å²) in [6, 6.07) is 7.84. The highest BCUT2D eigenvalue weighted by Crippen LogP contribution is 2.27. The summed E-state index contributed by atoms with van der Waals surface area (Å²) in [6.07, 6.45) is 4.67. The normalized spacial score (nSPS) is 12.4. The quantitative estimate of drug-likeness (QED) is 0.815.